The van der Waals surface area contributed by atoms with Crippen LogP contribution >= 0.6 is 23.2 Å². The van der Waals surface area contributed by atoms with E-state index in [1.54, 1.807) is 0 Å². The zero-order valence-corrected chi connectivity index (χ0v) is 41.1. The number of fused-ring (bicyclic) bond motifs is 12. The van der Waals surface area contributed by atoms with Crippen LogP contribution in [0.2, 0.25) is 10.0 Å². The molecule has 10 heteroatoms. The molecule has 0 amide bonds. The van der Waals surface area contributed by atoms with Crippen molar-refractivity contribution in [1.29, 1.82) is 0 Å². The Labute approximate surface area is 416 Å². The molecule has 0 bridgehead atoms. The summed E-state index contributed by atoms with van der Waals surface area (Å²) in [4.78, 5) is 9.99. The molecule has 4 aliphatic rings. The van der Waals surface area contributed by atoms with E-state index >= 15 is 0 Å². The summed E-state index contributed by atoms with van der Waals surface area (Å²) in [5.74, 6) is 0. The number of anilines is 12. The van der Waals surface area contributed by atoms with Gasteiger partial charge in [0.1, 0.15) is 0 Å². The number of benzene rings is 9. The molecule has 0 N–H and O–H groups in total. The van der Waals surface area contributed by atoms with Gasteiger partial charge in [0.05, 0.1) is 0 Å². The van der Waals surface area contributed by atoms with Crippen LogP contribution in [-0.4, -0.2) is 42.4 Å². The Morgan fingerprint density at radius 3 is 1.03 bits per heavy atom. The fourth-order valence-electron chi connectivity index (χ4n) is 11.7. The van der Waals surface area contributed by atoms with Crippen molar-refractivity contribution in [2.24, 2.45) is 0 Å². The molecule has 2 aromatic heterocycles. The van der Waals surface area contributed by atoms with E-state index in [1.807, 2.05) is 0 Å². The van der Waals surface area contributed by atoms with Gasteiger partial charge in [-0.3, -0.25) is 0 Å². The molecule has 0 atom stereocenters. The summed E-state index contributed by atoms with van der Waals surface area (Å²) in [6, 6.07) is 75.6. The average Bonchev–Trinajstić information content (AvgIpc) is 3.96. The summed E-state index contributed by atoms with van der Waals surface area (Å²) in [5, 5.41) is 4.03. The zero-order chi connectivity index (χ0) is 44.8. The number of halogens is 2. The van der Waals surface area contributed by atoms with Gasteiger partial charge in [0.25, 0.3) is 0 Å². The molecule has 0 aliphatic carbocycles. The molecular formula is C58H34B2Cl2N4Se2. The normalized spacial score (nSPS) is 13.9. The van der Waals surface area contributed by atoms with Crippen molar-refractivity contribution in [2.75, 3.05) is 19.6 Å². The van der Waals surface area contributed by atoms with Gasteiger partial charge in [0, 0.05) is 0 Å². The molecule has 0 spiro atoms. The van der Waals surface area contributed by atoms with E-state index in [4.69, 9.17) is 23.2 Å². The van der Waals surface area contributed by atoms with E-state index in [1.165, 1.54) is 61.2 Å². The van der Waals surface area contributed by atoms with Gasteiger partial charge >= 0.3 is 420 Å². The summed E-state index contributed by atoms with van der Waals surface area (Å²) in [6.07, 6.45) is 0. The molecule has 0 unspecified atom stereocenters. The summed E-state index contributed by atoms with van der Waals surface area (Å²) in [6.45, 7) is -0.0272. The van der Waals surface area contributed by atoms with Crippen LogP contribution in [0.5, 0.6) is 0 Å². The number of nitrogens with zero attached hydrogens (tertiary/aromatic N) is 4. The van der Waals surface area contributed by atoms with E-state index in [-0.39, 0.29) is 42.4 Å². The molecule has 4 aliphatic heterocycles. The molecule has 68 heavy (non-hydrogen) atoms. The number of para-hydroxylation sites is 4. The average molecular weight is 1040 g/mol. The summed E-state index contributed by atoms with van der Waals surface area (Å²) in [5.41, 5.74) is 19.1. The second kappa shape index (κ2) is 15.0. The standard InChI is InChI=1S/C58H34B2Cl2N4Se2/c61-35-29-47-53-49(31-35)65(39-21-9-3-10-22-39)55-41-25-13-15-27-51(41)67-57(55)59(53)43-33-44-46(34-45(43)63(47)37-17-5-1-6-18-37)64(38-19-7-2-8-20-38)48-30-36(62)32-50-54(48)60(44)58-56(42-26-14-16-28-52(42)68-58)66(50)40-23-11-4-12-24-40/h1-34H. The van der Waals surface area contributed by atoms with Gasteiger partial charge in [-0.1, -0.05) is 0 Å². The maximum absolute atomic E-state index is 7.41. The molecule has 0 saturated heterocycles. The summed E-state index contributed by atoms with van der Waals surface area (Å²) >= 11 is 14.9. The van der Waals surface area contributed by atoms with Crippen LogP contribution < -0.4 is 50.1 Å². The first-order valence-corrected chi connectivity index (χ1v) is 27.1. The van der Waals surface area contributed by atoms with Crippen molar-refractivity contribution in [3.8, 4) is 0 Å². The Kier molecular flexibility index (Phi) is 8.67. The van der Waals surface area contributed by atoms with Crippen molar-refractivity contribution >= 4 is 184 Å². The first-order valence-electron chi connectivity index (χ1n) is 22.9. The second-order valence-electron chi connectivity index (χ2n) is 17.9. The molecule has 9 aromatic carbocycles. The van der Waals surface area contributed by atoms with Gasteiger partial charge in [-0.05, 0) is 0 Å². The number of hydrogen-bond acceptors (Lipinski definition) is 4. The molecule has 15 rings (SSSR count). The third kappa shape index (κ3) is 5.53. The van der Waals surface area contributed by atoms with Gasteiger partial charge in [0.15, 0.2) is 0 Å². The second-order valence-corrected chi connectivity index (χ2v) is 23.3. The predicted molar refractivity (Wildman–Crippen MR) is 293 cm³/mol. The third-order valence-corrected chi connectivity index (χ3v) is 19.8. The first kappa shape index (κ1) is 39.4. The van der Waals surface area contributed by atoms with Crippen LogP contribution in [0.3, 0.4) is 0 Å². The fraction of sp³-hybridized carbons (Fsp3) is 0. The van der Waals surface area contributed by atoms with E-state index in [0.29, 0.717) is 10.0 Å². The maximum atomic E-state index is 7.41. The zero-order valence-electron chi connectivity index (χ0n) is 36.1. The van der Waals surface area contributed by atoms with Gasteiger partial charge in [-0.2, -0.15) is 0 Å². The van der Waals surface area contributed by atoms with Crippen LogP contribution in [0.1, 0.15) is 0 Å². The fourth-order valence-corrected chi connectivity index (χ4v) is 17.6. The minimum atomic E-state index is -0.0136. The Bertz CT molecular complexity index is 3640. The van der Waals surface area contributed by atoms with Crippen molar-refractivity contribution in [1.82, 2.24) is 0 Å². The molecule has 0 fully saturated rings. The van der Waals surface area contributed by atoms with E-state index in [9.17, 15) is 0 Å². The minimum absolute atomic E-state index is 0.0136. The quantitative estimate of drug-likeness (QED) is 0.163. The van der Waals surface area contributed by atoms with Gasteiger partial charge in [0.2, 0.25) is 0 Å². The Morgan fingerprint density at radius 2 is 0.647 bits per heavy atom. The van der Waals surface area contributed by atoms with E-state index in [2.05, 4.69) is 226 Å². The molecule has 0 saturated carbocycles. The summed E-state index contributed by atoms with van der Waals surface area (Å²) < 4.78 is 5.79. The Morgan fingerprint density at radius 1 is 0.324 bits per heavy atom. The topological polar surface area (TPSA) is 13.0 Å². The van der Waals surface area contributed by atoms with Crippen LogP contribution in [0.25, 0.3) is 19.3 Å². The SMILES string of the molecule is Clc1cc2c3c(c1)N(c1ccccc1)c1c([se]c4ccccc14)B3c1cc3c(cc1N2c1ccccc1)N(c1ccccc1)c1cc(Cl)cc2c1B3c1[se]c3ccccc3c1N2c1ccccc1. The number of rotatable bonds is 4. The van der Waals surface area contributed by atoms with Gasteiger partial charge in [-0.25, -0.2) is 0 Å². The first-order chi connectivity index (χ1) is 33.6. The van der Waals surface area contributed by atoms with Crippen molar-refractivity contribution < 1.29 is 0 Å². The third-order valence-electron chi connectivity index (χ3n) is 14.2. The van der Waals surface area contributed by atoms with E-state index in [0.717, 1.165) is 56.9 Å². The van der Waals surface area contributed by atoms with Crippen molar-refractivity contribution in [2.45, 2.75) is 0 Å². The van der Waals surface area contributed by atoms with Crippen molar-refractivity contribution in [3.63, 3.8) is 0 Å². The van der Waals surface area contributed by atoms with Gasteiger partial charge in [-0.15, -0.1) is 0 Å². The molecule has 0 radical (unpaired) electrons. The molecule has 4 nitrogen and oxygen atoms in total. The summed E-state index contributed by atoms with van der Waals surface area (Å²) in [7, 11) is 0. The molecule has 318 valence electrons. The van der Waals surface area contributed by atoms with E-state index < -0.39 is 0 Å². The molecule has 6 heterocycles. The Hall–Kier alpha value is -6.59. The monoisotopic (exact) mass is 1040 g/mol. The molecular weight excluding hydrogens is 1000 g/mol. The Balaban J connectivity index is 1.09. The predicted octanol–water partition coefficient (Wildman–Crippen LogP) is 11.6. The molecule has 11 aromatic rings. The van der Waals surface area contributed by atoms with Crippen LogP contribution in [-0.2, 0) is 0 Å². The van der Waals surface area contributed by atoms with Gasteiger partial charge < -0.3 is 0 Å². The van der Waals surface area contributed by atoms with Crippen LogP contribution in [0, 0.1) is 0 Å². The number of hydrogen-bond donors (Lipinski definition) is 0. The van der Waals surface area contributed by atoms with Crippen LogP contribution in [0.15, 0.2) is 206 Å². The van der Waals surface area contributed by atoms with Crippen LogP contribution in [0.4, 0.5) is 68.2 Å². The van der Waals surface area contributed by atoms with Crippen molar-refractivity contribution in [3.05, 3.63) is 216 Å².